The molecule has 2 fully saturated rings. The smallest absolute Gasteiger partial charge is 0.159 e. The molecule has 0 radical (unpaired) electrons. The van der Waals surface area contributed by atoms with Crippen molar-refractivity contribution in [2.75, 3.05) is 5.75 Å². The minimum Gasteiger partial charge on any atom is -0.300 e. The van der Waals surface area contributed by atoms with Crippen LogP contribution < -0.4 is 0 Å². The Morgan fingerprint density at radius 2 is 1.87 bits per heavy atom. The highest BCUT2D eigenvalue weighted by Gasteiger charge is 2.57. The monoisotopic (exact) mass is 434 g/mol. The molecule has 0 amide bonds. The van der Waals surface area contributed by atoms with Gasteiger partial charge in [0, 0.05) is 34.0 Å². The van der Waals surface area contributed by atoms with Crippen molar-refractivity contribution >= 4 is 23.3 Å². The number of benzene rings is 1. The lowest BCUT2D eigenvalue weighted by Gasteiger charge is -2.54. The molecule has 2 nitrogen and oxygen atoms in total. The van der Waals surface area contributed by atoms with E-state index in [0.29, 0.717) is 29.8 Å². The maximum Gasteiger partial charge on any atom is 0.159 e. The highest BCUT2D eigenvalue weighted by atomic mass is 32.2. The van der Waals surface area contributed by atoms with Crippen LogP contribution in [0.3, 0.4) is 0 Å². The van der Waals surface area contributed by atoms with Crippen LogP contribution in [0, 0.1) is 28.6 Å². The van der Waals surface area contributed by atoms with Crippen molar-refractivity contribution in [3.8, 4) is 0 Å². The number of hydrogen-bond donors (Lipinski definition) is 0. The number of Topliss-reactive ketones (excluding diaryl/α,β-unsaturated/α-hetero) is 2. The maximum absolute atomic E-state index is 13.0. The van der Waals surface area contributed by atoms with Crippen LogP contribution in [-0.2, 0) is 9.59 Å². The summed E-state index contributed by atoms with van der Waals surface area (Å²) in [6.45, 7) is 6.59. The predicted octanol–water partition coefficient (Wildman–Crippen LogP) is 6.81. The van der Waals surface area contributed by atoms with Crippen LogP contribution in [0.15, 0.2) is 58.0 Å². The van der Waals surface area contributed by atoms with Gasteiger partial charge in [-0.25, -0.2) is 0 Å². The molecule has 1 aromatic rings. The zero-order valence-corrected chi connectivity index (χ0v) is 19.9. The van der Waals surface area contributed by atoms with Gasteiger partial charge in [0.15, 0.2) is 5.78 Å². The fourth-order valence-electron chi connectivity index (χ4n) is 7.63. The summed E-state index contributed by atoms with van der Waals surface area (Å²) >= 11 is 1.80. The van der Waals surface area contributed by atoms with Crippen LogP contribution in [-0.4, -0.2) is 17.3 Å². The summed E-state index contributed by atoms with van der Waals surface area (Å²) in [6, 6.07) is 10.4. The molecular weight excluding hydrogens is 400 g/mol. The Balaban J connectivity index is 1.48. The Bertz CT molecular complexity index is 974. The van der Waals surface area contributed by atoms with Crippen molar-refractivity contribution < 1.29 is 9.59 Å². The van der Waals surface area contributed by atoms with E-state index >= 15 is 0 Å². The van der Waals surface area contributed by atoms with E-state index in [1.807, 2.05) is 6.07 Å². The van der Waals surface area contributed by atoms with Gasteiger partial charge in [0.2, 0.25) is 0 Å². The van der Waals surface area contributed by atoms with Crippen LogP contribution in [0.4, 0.5) is 0 Å². The molecule has 4 aliphatic rings. The maximum atomic E-state index is 13.0. The molecule has 0 aromatic heterocycles. The SMILES string of the molecule is CC(=O)[C@H]1CC[C@H]2[C@@H]3CCC4=C(CSc5ccccc5)C(=O)CC[C@]4(C)C3=CC[C@]12C. The molecular formula is C28H34O2S. The summed E-state index contributed by atoms with van der Waals surface area (Å²) in [5.74, 6) is 2.98. The summed E-state index contributed by atoms with van der Waals surface area (Å²) in [6.07, 6.45) is 9.62. The van der Waals surface area contributed by atoms with Crippen molar-refractivity contribution in [1.82, 2.24) is 0 Å². The molecule has 0 saturated heterocycles. The van der Waals surface area contributed by atoms with Crippen molar-refractivity contribution in [3.05, 3.63) is 53.1 Å². The number of fused-ring (bicyclic) bond motifs is 5. The van der Waals surface area contributed by atoms with Gasteiger partial charge in [-0.2, -0.15) is 0 Å². The molecule has 0 unspecified atom stereocenters. The third-order valence-corrected chi connectivity index (χ3v) is 10.3. The third-order valence-electron chi connectivity index (χ3n) is 9.23. The lowest BCUT2D eigenvalue weighted by atomic mass is 9.50. The Morgan fingerprint density at radius 3 is 2.61 bits per heavy atom. The van der Waals surface area contributed by atoms with Crippen molar-refractivity contribution in [2.24, 2.45) is 28.6 Å². The van der Waals surface area contributed by atoms with E-state index in [2.05, 4.69) is 44.2 Å². The molecule has 0 aliphatic heterocycles. The summed E-state index contributed by atoms with van der Waals surface area (Å²) in [5.41, 5.74) is 4.31. The molecule has 3 heteroatoms. The van der Waals surface area contributed by atoms with Gasteiger partial charge in [-0.3, -0.25) is 9.59 Å². The Hall–Kier alpha value is -1.61. The molecule has 2 saturated carbocycles. The van der Waals surface area contributed by atoms with E-state index in [9.17, 15) is 9.59 Å². The first-order chi connectivity index (χ1) is 14.8. The van der Waals surface area contributed by atoms with Crippen LogP contribution >= 0.6 is 11.8 Å². The first kappa shape index (κ1) is 21.2. The average molecular weight is 435 g/mol. The van der Waals surface area contributed by atoms with E-state index in [1.165, 1.54) is 16.9 Å². The van der Waals surface area contributed by atoms with Gasteiger partial charge in [0.05, 0.1) is 0 Å². The largest absolute Gasteiger partial charge is 0.300 e. The van der Waals surface area contributed by atoms with Gasteiger partial charge in [-0.1, -0.05) is 49.3 Å². The standard InChI is InChI=1S/C28H34O2S/c1-18(29)22-11-12-23-20-9-10-24-21(17-31-19-7-5-4-6-8-19)26(30)14-16-28(24,3)25(20)13-15-27(22,23)2/h4-8,13,20,22-23H,9-12,14-17H2,1-3H3/t20-,22+,23-,27+,28-/m0/s1. The quantitative estimate of drug-likeness (QED) is 0.386. The van der Waals surface area contributed by atoms with Gasteiger partial charge < -0.3 is 0 Å². The number of carbonyl (C=O) groups is 2. The Labute approximate surface area is 191 Å². The van der Waals surface area contributed by atoms with E-state index in [0.717, 1.165) is 43.4 Å². The van der Waals surface area contributed by atoms with Gasteiger partial charge in [-0.15, -0.1) is 11.8 Å². The molecule has 5 rings (SSSR count). The zero-order valence-electron chi connectivity index (χ0n) is 19.1. The van der Waals surface area contributed by atoms with Crippen LogP contribution in [0.5, 0.6) is 0 Å². The number of ketones is 2. The Morgan fingerprint density at radius 1 is 1.10 bits per heavy atom. The van der Waals surface area contributed by atoms with E-state index in [4.69, 9.17) is 0 Å². The predicted molar refractivity (Wildman–Crippen MR) is 127 cm³/mol. The van der Waals surface area contributed by atoms with Crippen molar-refractivity contribution in [1.29, 1.82) is 0 Å². The number of thioether (sulfide) groups is 1. The summed E-state index contributed by atoms with van der Waals surface area (Å²) in [5, 5.41) is 0. The minimum atomic E-state index is 0.0407. The second kappa shape index (κ2) is 7.76. The third kappa shape index (κ3) is 3.30. The summed E-state index contributed by atoms with van der Waals surface area (Å²) in [7, 11) is 0. The first-order valence-corrected chi connectivity index (χ1v) is 13.0. The highest BCUT2D eigenvalue weighted by Crippen LogP contribution is 2.65. The molecule has 5 atom stereocenters. The van der Waals surface area contributed by atoms with E-state index < -0.39 is 0 Å². The molecule has 0 heterocycles. The summed E-state index contributed by atoms with van der Waals surface area (Å²) in [4.78, 5) is 26.6. The van der Waals surface area contributed by atoms with Gasteiger partial charge in [0.25, 0.3) is 0 Å². The van der Waals surface area contributed by atoms with Crippen LogP contribution in [0.1, 0.15) is 65.7 Å². The zero-order chi connectivity index (χ0) is 21.8. The van der Waals surface area contributed by atoms with E-state index in [1.54, 1.807) is 24.3 Å². The Kier molecular flexibility index (Phi) is 5.32. The highest BCUT2D eigenvalue weighted by molar-refractivity contribution is 7.99. The van der Waals surface area contributed by atoms with Gasteiger partial charge >= 0.3 is 0 Å². The molecule has 0 spiro atoms. The molecule has 0 bridgehead atoms. The number of carbonyl (C=O) groups excluding carboxylic acids is 2. The summed E-state index contributed by atoms with van der Waals surface area (Å²) < 4.78 is 0. The molecule has 0 N–H and O–H groups in total. The average Bonchev–Trinajstić information content (AvgIpc) is 3.12. The second-order valence-electron chi connectivity index (χ2n) is 10.7. The van der Waals surface area contributed by atoms with Gasteiger partial charge in [0.1, 0.15) is 5.78 Å². The number of allylic oxidation sites excluding steroid dienone is 3. The van der Waals surface area contributed by atoms with Crippen LogP contribution in [0.2, 0.25) is 0 Å². The van der Waals surface area contributed by atoms with Crippen molar-refractivity contribution in [2.45, 2.75) is 70.6 Å². The molecule has 1 aromatic carbocycles. The van der Waals surface area contributed by atoms with Crippen molar-refractivity contribution in [3.63, 3.8) is 0 Å². The number of rotatable bonds is 4. The second-order valence-corrected chi connectivity index (χ2v) is 11.7. The van der Waals surface area contributed by atoms with Gasteiger partial charge in [-0.05, 0) is 74.8 Å². The lowest BCUT2D eigenvalue weighted by Crippen LogP contribution is -2.46. The fourth-order valence-corrected chi connectivity index (χ4v) is 8.62. The number of hydrogen-bond acceptors (Lipinski definition) is 3. The first-order valence-electron chi connectivity index (χ1n) is 12.0. The van der Waals surface area contributed by atoms with E-state index in [-0.39, 0.29) is 16.7 Å². The molecule has 4 aliphatic carbocycles. The lowest BCUT2D eigenvalue weighted by molar-refractivity contribution is -0.124. The molecule has 164 valence electrons. The van der Waals surface area contributed by atoms with Crippen LogP contribution in [0.25, 0.3) is 0 Å². The normalized spacial score (nSPS) is 37.1. The molecule has 31 heavy (non-hydrogen) atoms. The fraction of sp³-hybridized carbons (Fsp3) is 0.571. The minimum absolute atomic E-state index is 0.0407. The topological polar surface area (TPSA) is 34.1 Å².